The molecule has 0 aliphatic rings. The molecule has 100 valence electrons. The van der Waals surface area contributed by atoms with Gasteiger partial charge in [0, 0.05) is 0 Å². The largest absolute Gasteiger partial charge is 0.496 e. The van der Waals surface area contributed by atoms with Gasteiger partial charge in [0.2, 0.25) is 0 Å². The highest BCUT2D eigenvalue weighted by Crippen LogP contribution is 2.28. The van der Waals surface area contributed by atoms with Crippen LogP contribution in [0.4, 0.5) is 5.13 Å². The van der Waals surface area contributed by atoms with Crippen LogP contribution in [0.3, 0.4) is 0 Å². The summed E-state index contributed by atoms with van der Waals surface area (Å²) >= 11 is 1.41. The number of hydrogen-bond donors (Lipinski definition) is 1. The van der Waals surface area contributed by atoms with Crippen molar-refractivity contribution in [2.75, 3.05) is 12.8 Å². The minimum atomic E-state index is 0.523. The van der Waals surface area contributed by atoms with Crippen molar-refractivity contribution < 1.29 is 8.69 Å². The molecule has 0 fully saturated rings. The zero-order chi connectivity index (χ0) is 13.9. The van der Waals surface area contributed by atoms with Gasteiger partial charge in [0.15, 0.2) is 0 Å². The van der Waals surface area contributed by atoms with Gasteiger partial charge in [-0.05, 0) is 29.2 Å². The number of nitrogen functional groups attached to an aromatic ring is 1. The SMILES string of the molecule is COc1ccccc1-c1nc(N)s[n+]1-c1ccccc1. The van der Waals surface area contributed by atoms with Gasteiger partial charge in [-0.2, -0.15) is 0 Å². The zero-order valence-electron chi connectivity index (χ0n) is 11.0. The summed E-state index contributed by atoms with van der Waals surface area (Å²) in [5.41, 5.74) is 7.84. The van der Waals surface area contributed by atoms with Crippen LogP contribution in [0.1, 0.15) is 0 Å². The van der Waals surface area contributed by atoms with E-state index in [2.05, 4.69) is 4.98 Å². The number of nitrogens with zero attached hydrogens (tertiary/aromatic N) is 2. The second-order valence-electron chi connectivity index (χ2n) is 4.20. The van der Waals surface area contributed by atoms with Crippen LogP contribution in [0.15, 0.2) is 54.6 Å². The molecule has 0 bridgehead atoms. The second-order valence-corrected chi connectivity index (χ2v) is 5.16. The van der Waals surface area contributed by atoms with Crippen LogP contribution >= 0.6 is 11.5 Å². The minimum Gasteiger partial charge on any atom is -0.496 e. The van der Waals surface area contributed by atoms with Crippen molar-refractivity contribution in [2.45, 2.75) is 0 Å². The lowest BCUT2D eigenvalue weighted by molar-refractivity contribution is -0.509. The topological polar surface area (TPSA) is 52.0 Å². The van der Waals surface area contributed by atoms with Gasteiger partial charge >= 0.3 is 11.0 Å². The smallest absolute Gasteiger partial charge is 0.354 e. The highest BCUT2D eigenvalue weighted by atomic mass is 32.1. The summed E-state index contributed by atoms with van der Waals surface area (Å²) in [6, 6.07) is 17.8. The first-order valence-electron chi connectivity index (χ1n) is 6.17. The molecule has 4 nitrogen and oxygen atoms in total. The van der Waals surface area contributed by atoms with Gasteiger partial charge in [0.05, 0.1) is 7.11 Å². The molecule has 0 amide bonds. The average Bonchev–Trinajstić information content (AvgIpc) is 2.90. The summed E-state index contributed by atoms with van der Waals surface area (Å²) in [6.45, 7) is 0. The fourth-order valence-electron chi connectivity index (χ4n) is 2.04. The van der Waals surface area contributed by atoms with E-state index in [4.69, 9.17) is 10.5 Å². The maximum absolute atomic E-state index is 5.89. The molecule has 3 aromatic rings. The molecule has 1 aromatic heterocycles. The van der Waals surface area contributed by atoms with Gasteiger partial charge in [-0.1, -0.05) is 30.3 Å². The number of para-hydroxylation sites is 2. The molecule has 2 N–H and O–H groups in total. The van der Waals surface area contributed by atoms with Gasteiger partial charge in [-0.15, -0.1) is 3.96 Å². The standard InChI is InChI=1S/C15H13N3OS/c1-19-13-10-6-5-9-12(13)14-17-15(16)20-18(14)11-7-3-2-4-8-11/h2-10,16H,1H3/p+1. The minimum absolute atomic E-state index is 0.523. The van der Waals surface area contributed by atoms with Gasteiger partial charge in [0.25, 0.3) is 0 Å². The summed E-state index contributed by atoms with van der Waals surface area (Å²) in [5, 5.41) is 0.523. The fourth-order valence-corrected chi connectivity index (χ4v) is 2.81. The molecule has 2 aromatic carbocycles. The Kier molecular flexibility index (Phi) is 3.35. The van der Waals surface area contributed by atoms with Crippen LogP contribution in [0.5, 0.6) is 5.75 Å². The maximum atomic E-state index is 5.89. The molecule has 0 atom stereocenters. The molecular weight excluding hydrogens is 270 g/mol. The van der Waals surface area contributed by atoms with Crippen LogP contribution in [0, 0.1) is 0 Å². The Hall–Kier alpha value is -2.40. The summed E-state index contributed by atoms with van der Waals surface area (Å²) in [6.07, 6.45) is 0. The lowest BCUT2D eigenvalue weighted by Crippen LogP contribution is -2.28. The normalized spacial score (nSPS) is 10.4. The van der Waals surface area contributed by atoms with E-state index in [9.17, 15) is 0 Å². The van der Waals surface area contributed by atoms with E-state index in [1.54, 1.807) is 7.11 Å². The van der Waals surface area contributed by atoms with Crippen molar-refractivity contribution in [1.29, 1.82) is 0 Å². The quantitative estimate of drug-likeness (QED) is 0.752. The van der Waals surface area contributed by atoms with Crippen molar-refractivity contribution in [3.63, 3.8) is 0 Å². The molecule has 0 unspecified atom stereocenters. The van der Waals surface area contributed by atoms with E-state index >= 15 is 0 Å². The summed E-state index contributed by atoms with van der Waals surface area (Å²) < 4.78 is 7.42. The monoisotopic (exact) mass is 284 g/mol. The van der Waals surface area contributed by atoms with Crippen LogP contribution in [0.25, 0.3) is 17.1 Å². The van der Waals surface area contributed by atoms with E-state index in [1.165, 1.54) is 11.5 Å². The Morgan fingerprint density at radius 3 is 2.50 bits per heavy atom. The van der Waals surface area contributed by atoms with Crippen molar-refractivity contribution in [1.82, 2.24) is 4.98 Å². The second kappa shape index (κ2) is 5.30. The Balaban J connectivity index is 2.20. The maximum Gasteiger partial charge on any atom is 0.354 e. The molecule has 0 radical (unpaired) electrons. The third-order valence-corrected chi connectivity index (χ3v) is 3.78. The molecule has 0 aliphatic carbocycles. The number of methoxy groups -OCH3 is 1. The van der Waals surface area contributed by atoms with E-state index in [0.717, 1.165) is 22.8 Å². The molecule has 5 heteroatoms. The van der Waals surface area contributed by atoms with E-state index < -0.39 is 0 Å². The van der Waals surface area contributed by atoms with Gasteiger partial charge in [-0.3, -0.25) is 0 Å². The molecule has 1 heterocycles. The molecule has 20 heavy (non-hydrogen) atoms. The lowest BCUT2D eigenvalue weighted by atomic mass is 10.2. The number of nitrogens with two attached hydrogens (primary N) is 1. The number of rotatable bonds is 3. The first-order valence-corrected chi connectivity index (χ1v) is 6.94. The van der Waals surface area contributed by atoms with E-state index in [0.29, 0.717) is 5.13 Å². The number of anilines is 1. The third kappa shape index (κ3) is 2.23. The van der Waals surface area contributed by atoms with Crippen LogP contribution in [-0.2, 0) is 0 Å². The summed E-state index contributed by atoms with van der Waals surface area (Å²) in [5.74, 6) is 1.57. The summed E-state index contributed by atoms with van der Waals surface area (Å²) in [7, 11) is 1.65. The van der Waals surface area contributed by atoms with Gasteiger partial charge < -0.3 is 10.5 Å². The Morgan fingerprint density at radius 1 is 1.05 bits per heavy atom. The predicted molar refractivity (Wildman–Crippen MR) is 80.0 cm³/mol. The number of benzene rings is 2. The van der Waals surface area contributed by atoms with E-state index in [-0.39, 0.29) is 0 Å². The number of hydrogen-bond acceptors (Lipinski definition) is 4. The van der Waals surface area contributed by atoms with Crippen molar-refractivity contribution in [2.24, 2.45) is 0 Å². The Morgan fingerprint density at radius 2 is 1.75 bits per heavy atom. The van der Waals surface area contributed by atoms with Gasteiger partial charge in [-0.25, -0.2) is 0 Å². The highest BCUT2D eigenvalue weighted by Gasteiger charge is 2.25. The number of ether oxygens (including phenoxy) is 1. The molecule has 0 saturated heterocycles. The van der Waals surface area contributed by atoms with Crippen molar-refractivity contribution in [3.8, 4) is 22.8 Å². The average molecular weight is 284 g/mol. The predicted octanol–water partition coefficient (Wildman–Crippen LogP) is 2.68. The Bertz CT molecular complexity index is 725. The third-order valence-electron chi connectivity index (χ3n) is 2.93. The molecule has 0 saturated carbocycles. The van der Waals surface area contributed by atoms with Crippen molar-refractivity contribution in [3.05, 3.63) is 54.6 Å². The first-order chi connectivity index (χ1) is 9.79. The lowest BCUT2D eigenvalue weighted by Gasteiger charge is -2.03. The number of aromatic nitrogens is 2. The van der Waals surface area contributed by atoms with Crippen LogP contribution < -0.4 is 14.4 Å². The first kappa shape index (κ1) is 12.6. The van der Waals surface area contributed by atoms with Crippen molar-refractivity contribution >= 4 is 16.7 Å². The summed E-state index contributed by atoms with van der Waals surface area (Å²) in [4.78, 5) is 4.45. The molecular formula is C15H14N3OS+. The van der Waals surface area contributed by atoms with E-state index in [1.807, 2.05) is 58.6 Å². The van der Waals surface area contributed by atoms with Crippen LogP contribution in [0.2, 0.25) is 0 Å². The zero-order valence-corrected chi connectivity index (χ0v) is 11.8. The molecule has 3 rings (SSSR count). The fraction of sp³-hybridized carbons (Fsp3) is 0.0667. The Labute approximate surface area is 121 Å². The molecule has 0 aliphatic heterocycles. The van der Waals surface area contributed by atoms with Gasteiger partial charge in [0.1, 0.15) is 28.5 Å². The van der Waals surface area contributed by atoms with Crippen LogP contribution in [-0.4, -0.2) is 12.1 Å². The highest BCUT2D eigenvalue weighted by molar-refractivity contribution is 7.05. The molecule has 0 spiro atoms.